The summed E-state index contributed by atoms with van der Waals surface area (Å²) in [6.07, 6.45) is 0.158. The summed E-state index contributed by atoms with van der Waals surface area (Å²) in [6, 6.07) is 19.5. The van der Waals surface area contributed by atoms with Crippen LogP contribution in [0.25, 0.3) is 0 Å². The monoisotopic (exact) mass is 525 g/mol. The van der Waals surface area contributed by atoms with Crippen LogP contribution in [0, 0.1) is 12.8 Å². The Morgan fingerprint density at radius 1 is 1.00 bits per heavy atom. The lowest BCUT2D eigenvalue weighted by Gasteiger charge is -2.17. The lowest BCUT2D eigenvalue weighted by molar-refractivity contribution is -0.126. The Kier molecular flexibility index (Phi) is 8.13. The third kappa shape index (κ3) is 6.77. The van der Waals surface area contributed by atoms with Gasteiger partial charge in [-0.3, -0.25) is 14.4 Å². The molecule has 9 heteroatoms. The van der Waals surface area contributed by atoms with Gasteiger partial charge in [0.2, 0.25) is 11.8 Å². The van der Waals surface area contributed by atoms with Gasteiger partial charge in [-0.2, -0.15) is 0 Å². The Balaban J connectivity index is 1.27. The molecule has 1 saturated heterocycles. The van der Waals surface area contributed by atoms with Crippen molar-refractivity contribution >= 4 is 52.3 Å². The number of nitrogens with zero attached hydrogens (tertiary/aromatic N) is 1. The van der Waals surface area contributed by atoms with E-state index in [2.05, 4.69) is 10.6 Å². The van der Waals surface area contributed by atoms with Crippen LogP contribution in [0.15, 0.2) is 66.7 Å². The fourth-order valence-electron chi connectivity index (χ4n) is 3.87. The number of halogens is 2. The molecule has 0 unspecified atom stereocenters. The zero-order valence-electron chi connectivity index (χ0n) is 19.6. The van der Waals surface area contributed by atoms with Gasteiger partial charge in [0.05, 0.1) is 5.92 Å². The van der Waals surface area contributed by atoms with Gasteiger partial charge < -0.3 is 20.3 Å². The summed E-state index contributed by atoms with van der Waals surface area (Å²) in [5.74, 6) is -0.566. The Morgan fingerprint density at radius 3 is 2.33 bits per heavy atom. The average Bonchev–Trinajstić information content (AvgIpc) is 3.23. The van der Waals surface area contributed by atoms with Gasteiger partial charge >= 0.3 is 0 Å². The maximum Gasteiger partial charge on any atom is 0.262 e. The number of carbonyl (C=O) groups is 3. The molecule has 1 aliphatic rings. The zero-order chi connectivity index (χ0) is 25.7. The average molecular weight is 526 g/mol. The second-order valence-electron chi connectivity index (χ2n) is 8.60. The van der Waals surface area contributed by atoms with E-state index in [1.54, 1.807) is 47.4 Å². The van der Waals surface area contributed by atoms with Crippen molar-refractivity contribution in [2.45, 2.75) is 19.9 Å². The van der Waals surface area contributed by atoms with E-state index >= 15 is 0 Å². The Bertz CT molecular complexity index is 1240. The summed E-state index contributed by atoms with van der Waals surface area (Å²) in [5.41, 5.74) is 3.31. The number of nitrogens with one attached hydrogen (secondary N) is 2. The van der Waals surface area contributed by atoms with Crippen LogP contribution in [-0.2, 0) is 20.9 Å². The molecular weight excluding hydrogens is 501 g/mol. The summed E-state index contributed by atoms with van der Waals surface area (Å²) in [6.45, 7) is 2.53. The van der Waals surface area contributed by atoms with Crippen molar-refractivity contribution in [2.75, 3.05) is 23.4 Å². The first-order chi connectivity index (χ1) is 17.3. The summed E-state index contributed by atoms with van der Waals surface area (Å²) < 4.78 is 5.54. The van der Waals surface area contributed by atoms with E-state index in [-0.39, 0.29) is 30.7 Å². The lowest BCUT2D eigenvalue weighted by Crippen LogP contribution is -2.32. The highest BCUT2D eigenvalue weighted by Gasteiger charge is 2.35. The molecule has 4 rings (SSSR count). The van der Waals surface area contributed by atoms with Crippen molar-refractivity contribution in [3.63, 3.8) is 0 Å². The number of ether oxygens (including phenoxy) is 1. The molecule has 7 nitrogen and oxygen atoms in total. The van der Waals surface area contributed by atoms with Crippen molar-refractivity contribution in [1.29, 1.82) is 0 Å². The summed E-state index contributed by atoms with van der Waals surface area (Å²) in [4.78, 5) is 38.9. The van der Waals surface area contributed by atoms with E-state index in [1.807, 2.05) is 31.2 Å². The minimum atomic E-state index is -0.414. The largest absolute Gasteiger partial charge is 0.484 e. The van der Waals surface area contributed by atoms with Crippen LogP contribution in [-0.4, -0.2) is 30.9 Å². The third-order valence-corrected chi connectivity index (χ3v) is 6.18. The molecule has 0 spiro atoms. The van der Waals surface area contributed by atoms with Gasteiger partial charge in [0.15, 0.2) is 6.61 Å². The van der Waals surface area contributed by atoms with E-state index in [4.69, 9.17) is 27.9 Å². The predicted octanol–water partition coefficient (Wildman–Crippen LogP) is 4.99. The van der Waals surface area contributed by atoms with Gasteiger partial charge in [-0.1, -0.05) is 53.0 Å². The van der Waals surface area contributed by atoms with Crippen LogP contribution in [0.4, 0.5) is 11.4 Å². The minimum Gasteiger partial charge on any atom is -0.484 e. The maximum atomic E-state index is 12.6. The number of aryl methyl sites for hydroxylation is 1. The molecule has 0 aliphatic carbocycles. The normalized spacial score (nSPS) is 15.0. The highest BCUT2D eigenvalue weighted by Crippen LogP contribution is 2.27. The van der Waals surface area contributed by atoms with E-state index < -0.39 is 5.92 Å². The number of carbonyl (C=O) groups excluding carboxylic acids is 3. The van der Waals surface area contributed by atoms with Crippen LogP contribution in [0.5, 0.6) is 5.75 Å². The highest BCUT2D eigenvalue weighted by atomic mass is 35.5. The Labute approximate surface area is 219 Å². The van der Waals surface area contributed by atoms with Crippen LogP contribution in [0.1, 0.15) is 17.5 Å². The molecule has 3 amide bonds. The molecule has 1 atom stereocenters. The van der Waals surface area contributed by atoms with Gasteiger partial charge in [-0.15, -0.1) is 0 Å². The molecule has 3 aromatic carbocycles. The predicted molar refractivity (Wildman–Crippen MR) is 141 cm³/mol. The zero-order valence-corrected chi connectivity index (χ0v) is 21.1. The fourth-order valence-corrected chi connectivity index (χ4v) is 4.39. The molecule has 0 aromatic heterocycles. The highest BCUT2D eigenvalue weighted by molar-refractivity contribution is 6.35. The summed E-state index contributed by atoms with van der Waals surface area (Å²) in [7, 11) is 0. The van der Waals surface area contributed by atoms with Gasteiger partial charge in [0.1, 0.15) is 5.75 Å². The van der Waals surface area contributed by atoms with Crippen LogP contribution in [0.3, 0.4) is 0 Å². The second-order valence-corrected chi connectivity index (χ2v) is 9.47. The minimum absolute atomic E-state index is 0.112. The topological polar surface area (TPSA) is 87.7 Å². The SMILES string of the molecule is Cc1ccc(CNC(=O)[C@@H]2CC(=O)N(c3ccc(OCC(=O)Nc4cc(Cl)cc(Cl)c4)cc3)C2)cc1. The number of hydrogen-bond acceptors (Lipinski definition) is 4. The first kappa shape index (κ1) is 25.5. The van der Waals surface area contributed by atoms with Gasteiger partial charge in [0, 0.05) is 40.9 Å². The lowest BCUT2D eigenvalue weighted by atomic mass is 10.1. The Morgan fingerprint density at radius 2 is 1.67 bits per heavy atom. The third-order valence-electron chi connectivity index (χ3n) is 5.75. The maximum absolute atomic E-state index is 12.6. The molecule has 186 valence electrons. The number of hydrogen-bond donors (Lipinski definition) is 2. The van der Waals surface area contributed by atoms with Gasteiger partial charge in [-0.25, -0.2) is 0 Å². The first-order valence-electron chi connectivity index (χ1n) is 11.4. The van der Waals surface area contributed by atoms with E-state index in [9.17, 15) is 14.4 Å². The number of benzene rings is 3. The van der Waals surface area contributed by atoms with Crippen molar-refractivity contribution < 1.29 is 19.1 Å². The second kappa shape index (κ2) is 11.5. The van der Waals surface area contributed by atoms with E-state index in [1.165, 1.54) is 0 Å². The summed E-state index contributed by atoms with van der Waals surface area (Å²) >= 11 is 11.9. The fraction of sp³-hybridized carbons (Fsp3) is 0.222. The molecule has 1 fully saturated rings. The molecule has 3 aromatic rings. The molecule has 36 heavy (non-hydrogen) atoms. The smallest absolute Gasteiger partial charge is 0.262 e. The molecule has 1 aliphatic heterocycles. The standard InChI is InChI=1S/C27H25Cl2N3O4/c1-17-2-4-18(5-3-17)14-30-27(35)19-10-26(34)32(15-19)23-6-8-24(9-7-23)36-16-25(33)31-22-12-20(28)11-21(29)13-22/h2-9,11-13,19H,10,14-16H2,1H3,(H,30,35)(H,31,33)/t19-/m1/s1. The Hall–Kier alpha value is -3.55. The molecule has 0 bridgehead atoms. The van der Waals surface area contributed by atoms with E-state index in [0.717, 1.165) is 11.1 Å². The van der Waals surface area contributed by atoms with Gasteiger partial charge in [-0.05, 0) is 55.0 Å². The molecule has 2 N–H and O–H groups in total. The summed E-state index contributed by atoms with van der Waals surface area (Å²) in [5, 5.41) is 6.42. The molecule has 0 radical (unpaired) electrons. The first-order valence-corrected chi connectivity index (χ1v) is 12.1. The van der Waals surface area contributed by atoms with Crippen molar-refractivity contribution in [2.24, 2.45) is 5.92 Å². The van der Waals surface area contributed by atoms with Crippen molar-refractivity contribution in [3.05, 3.63) is 87.9 Å². The van der Waals surface area contributed by atoms with Gasteiger partial charge in [0.25, 0.3) is 5.91 Å². The number of amides is 3. The van der Waals surface area contributed by atoms with E-state index in [0.29, 0.717) is 40.3 Å². The molecular formula is C27H25Cl2N3O4. The number of rotatable bonds is 8. The molecule has 1 heterocycles. The van der Waals surface area contributed by atoms with Crippen LogP contribution < -0.4 is 20.3 Å². The molecule has 0 saturated carbocycles. The quantitative estimate of drug-likeness (QED) is 0.433. The van der Waals surface area contributed by atoms with Crippen LogP contribution in [0.2, 0.25) is 10.0 Å². The van der Waals surface area contributed by atoms with Crippen molar-refractivity contribution in [1.82, 2.24) is 5.32 Å². The number of anilines is 2. The van der Waals surface area contributed by atoms with Crippen molar-refractivity contribution in [3.8, 4) is 5.75 Å². The van der Waals surface area contributed by atoms with Crippen LogP contribution >= 0.6 is 23.2 Å².